The quantitative estimate of drug-likeness (QED) is 0.363. The normalized spacial score (nSPS) is 9.00. The molecule has 0 fully saturated rings. The van der Waals surface area contributed by atoms with Gasteiger partial charge in [0.1, 0.15) is 0 Å². The Hall–Kier alpha value is -0.890. The molecule has 0 aromatic carbocycles. The van der Waals surface area contributed by atoms with Gasteiger partial charge in [-0.3, -0.25) is 0 Å². The molecule has 0 aliphatic carbocycles. The van der Waals surface area contributed by atoms with E-state index >= 15 is 0 Å². The number of hydrogen-bond acceptors (Lipinski definition) is 7. The molecule has 0 aliphatic rings. The third-order valence-corrected chi connectivity index (χ3v) is 2.13. The highest BCUT2D eigenvalue weighted by Gasteiger charge is 1.85. The van der Waals surface area contributed by atoms with Crippen LogP contribution in [0.15, 0.2) is 0 Å². The Morgan fingerprint density at radius 3 is 0.800 bits per heavy atom. The number of carbonyl (C=O) groups is 1. The maximum atomic E-state index is 8.33. The number of aliphatic hydroxyl groups excluding tert-OH is 4. The van der Waals surface area contributed by atoms with Crippen LogP contribution in [-0.2, 0) is 0 Å². The van der Waals surface area contributed by atoms with Crippen LogP contribution in [0.1, 0.15) is 51.4 Å². The van der Waals surface area contributed by atoms with Crippen molar-refractivity contribution in [1.82, 2.24) is 0 Å². The molecule has 0 rings (SSSR count). The molecule has 0 atom stereocenters. The van der Waals surface area contributed by atoms with Crippen LogP contribution in [0.25, 0.3) is 0 Å². The van der Waals surface area contributed by atoms with Gasteiger partial charge in [0.25, 0.3) is 0 Å². The Morgan fingerprint density at radius 1 is 0.550 bits per heavy atom. The second-order valence-electron chi connectivity index (χ2n) is 3.97. The fourth-order valence-corrected chi connectivity index (χ4v) is 1.15. The molecule has 0 spiro atoms. The summed E-state index contributed by atoms with van der Waals surface area (Å²) in [4.78, 5) is 8.33. The zero-order valence-corrected chi connectivity index (χ0v) is 12.0. The summed E-state index contributed by atoms with van der Waals surface area (Å²) < 4.78 is 0. The largest absolute Gasteiger partial charge is 0.652 e. The van der Waals surface area contributed by atoms with Crippen LogP contribution in [0.2, 0.25) is 0 Å². The topological polar surface area (TPSA) is 144 Å². The van der Waals surface area contributed by atoms with Gasteiger partial charge in [-0.25, -0.2) is 0 Å². The van der Waals surface area contributed by atoms with Gasteiger partial charge in [0.05, 0.1) is 0 Å². The van der Waals surface area contributed by atoms with Crippen molar-refractivity contribution in [3.05, 3.63) is 0 Å². The maximum Gasteiger partial charge on any atom is 0.0431 e. The highest BCUT2D eigenvalue weighted by atomic mass is 16.6. The van der Waals surface area contributed by atoms with Crippen LogP contribution in [0.3, 0.4) is 0 Å². The molecule has 20 heavy (non-hydrogen) atoms. The predicted molar refractivity (Wildman–Crippen MR) is 70.7 cm³/mol. The van der Waals surface area contributed by atoms with Crippen molar-refractivity contribution in [2.75, 3.05) is 26.4 Å². The standard InChI is InChI=1S/2C6H14O2.CH2O3/c2*7-5-3-1-2-4-6-8;2-1(3)4/h2*7-8H,1-6H2;(H2,2,3,4)/p-2. The SMILES string of the molecule is O=C([O-])[O-].OCCCCCCO.OCCCCCCO. The Bertz CT molecular complexity index is 137. The Labute approximate surface area is 120 Å². The summed E-state index contributed by atoms with van der Waals surface area (Å²) in [6, 6.07) is 0. The number of unbranched alkanes of at least 4 members (excludes halogenated alkanes) is 6. The third kappa shape index (κ3) is 53.5. The predicted octanol–water partition coefficient (Wildman–Crippen LogP) is -1.38. The Balaban J connectivity index is -0.000000230. The van der Waals surface area contributed by atoms with Crippen molar-refractivity contribution in [2.24, 2.45) is 0 Å². The van der Waals surface area contributed by atoms with Gasteiger partial charge < -0.3 is 35.4 Å². The summed E-state index contributed by atoms with van der Waals surface area (Å²) in [5.41, 5.74) is 0. The molecule has 0 aliphatic heterocycles. The van der Waals surface area contributed by atoms with Gasteiger partial charge in [-0.15, -0.1) is 0 Å². The van der Waals surface area contributed by atoms with Gasteiger partial charge in [-0.2, -0.15) is 0 Å². The first-order valence-corrected chi connectivity index (χ1v) is 6.88. The van der Waals surface area contributed by atoms with Crippen LogP contribution in [0, 0.1) is 0 Å². The van der Waals surface area contributed by atoms with Gasteiger partial charge in [0.15, 0.2) is 0 Å². The van der Waals surface area contributed by atoms with E-state index in [4.69, 9.17) is 35.4 Å². The molecule has 7 heteroatoms. The monoisotopic (exact) mass is 296 g/mol. The zero-order chi connectivity index (χ0) is 16.1. The van der Waals surface area contributed by atoms with Crippen LogP contribution in [0.4, 0.5) is 4.79 Å². The summed E-state index contributed by atoms with van der Waals surface area (Å²) in [6.45, 7) is 1.13. The lowest BCUT2D eigenvalue weighted by molar-refractivity contribution is -0.415. The van der Waals surface area contributed by atoms with Gasteiger partial charge >= 0.3 is 0 Å². The molecule has 0 heterocycles. The van der Waals surface area contributed by atoms with Crippen LogP contribution in [0.5, 0.6) is 0 Å². The van der Waals surface area contributed by atoms with Crippen LogP contribution >= 0.6 is 0 Å². The lowest BCUT2D eigenvalue weighted by Crippen LogP contribution is -2.37. The van der Waals surface area contributed by atoms with Crippen molar-refractivity contribution in [2.45, 2.75) is 51.4 Å². The molecule has 0 radical (unpaired) electrons. The number of aliphatic hydroxyl groups is 4. The first-order chi connectivity index (χ1) is 9.56. The number of rotatable bonds is 10. The van der Waals surface area contributed by atoms with Gasteiger partial charge in [0, 0.05) is 26.4 Å². The van der Waals surface area contributed by atoms with E-state index in [0.717, 1.165) is 51.4 Å². The summed E-state index contributed by atoms with van der Waals surface area (Å²) in [5, 5.41) is 49.9. The van der Waals surface area contributed by atoms with E-state index in [1.807, 2.05) is 0 Å². The zero-order valence-electron chi connectivity index (χ0n) is 12.0. The molecule has 0 aromatic heterocycles. The minimum absolute atomic E-state index is 0.283. The Kier molecular flexibility index (Phi) is 32.2. The van der Waals surface area contributed by atoms with Crippen molar-refractivity contribution >= 4 is 6.16 Å². The molecule has 7 nitrogen and oxygen atoms in total. The molecular formula is C13H28O7-2. The summed E-state index contributed by atoms with van der Waals surface area (Å²) in [7, 11) is 0. The number of carboxylic acid groups (broad SMARTS) is 2. The first-order valence-electron chi connectivity index (χ1n) is 6.88. The minimum Gasteiger partial charge on any atom is -0.652 e. The van der Waals surface area contributed by atoms with Gasteiger partial charge in [-0.1, -0.05) is 25.7 Å². The second kappa shape index (κ2) is 26.6. The van der Waals surface area contributed by atoms with E-state index in [0.29, 0.717) is 0 Å². The fourth-order valence-electron chi connectivity index (χ4n) is 1.15. The van der Waals surface area contributed by atoms with E-state index in [2.05, 4.69) is 0 Å². The molecule has 124 valence electrons. The molecule has 0 saturated carbocycles. The Morgan fingerprint density at radius 2 is 0.700 bits per heavy atom. The van der Waals surface area contributed by atoms with E-state index in [1.165, 1.54) is 0 Å². The summed E-state index contributed by atoms with van der Waals surface area (Å²) >= 11 is 0. The lowest BCUT2D eigenvalue weighted by Gasteiger charge is -1.96. The van der Waals surface area contributed by atoms with E-state index < -0.39 is 6.16 Å². The molecule has 4 N–H and O–H groups in total. The average molecular weight is 296 g/mol. The van der Waals surface area contributed by atoms with Gasteiger partial charge in [-0.05, 0) is 31.8 Å². The highest BCUT2D eigenvalue weighted by Crippen LogP contribution is 1.97. The minimum atomic E-state index is -2.33. The molecule has 0 aromatic rings. The smallest absolute Gasteiger partial charge is 0.0431 e. The molecule has 0 saturated heterocycles. The van der Waals surface area contributed by atoms with E-state index in [1.54, 1.807) is 0 Å². The first kappa shape index (κ1) is 24.1. The summed E-state index contributed by atoms with van der Waals surface area (Å²) in [5.74, 6) is 0. The van der Waals surface area contributed by atoms with Gasteiger partial charge in [0.2, 0.25) is 0 Å². The van der Waals surface area contributed by atoms with Crippen molar-refractivity contribution in [3.63, 3.8) is 0 Å². The maximum absolute atomic E-state index is 8.33. The van der Waals surface area contributed by atoms with Crippen molar-refractivity contribution in [1.29, 1.82) is 0 Å². The molecule has 0 unspecified atom stereocenters. The van der Waals surface area contributed by atoms with E-state index in [-0.39, 0.29) is 26.4 Å². The molecule has 0 bridgehead atoms. The van der Waals surface area contributed by atoms with Crippen molar-refractivity contribution < 1.29 is 35.4 Å². The lowest BCUT2D eigenvalue weighted by atomic mass is 10.2. The number of carbonyl (C=O) groups excluding carboxylic acids is 1. The molecular weight excluding hydrogens is 268 g/mol. The average Bonchev–Trinajstić information content (AvgIpc) is 2.40. The third-order valence-electron chi connectivity index (χ3n) is 2.13. The second-order valence-corrected chi connectivity index (χ2v) is 3.97. The fraction of sp³-hybridized carbons (Fsp3) is 0.923. The van der Waals surface area contributed by atoms with E-state index in [9.17, 15) is 0 Å². The summed E-state index contributed by atoms with van der Waals surface area (Å²) in [6.07, 6.45) is 5.32. The van der Waals surface area contributed by atoms with Crippen LogP contribution < -0.4 is 10.2 Å². The molecule has 0 amide bonds. The van der Waals surface area contributed by atoms with Crippen molar-refractivity contribution in [3.8, 4) is 0 Å². The highest BCUT2D eigenvalue weighted by molar-refractivity contribution is 5.47. The van der Waals surface area contributed by atoms with Crippen LogP contribution in [-0.4, -0.2) is 53.0 Å². The number of hydrogen-bond donors (Lipinski definition) is 4.